The van der Waals surface area contributed by atoms with E-state index in [-0.39, 0.29) is 30.2 Å². The van der Waals surface area contributed by atoms with E-state index < -0.39 is 19.5 Å². The van der Waals surface area contributed by atoms with E-state index >= 15 is 0 Å². The van der Waals surface area contributed by atoms with Gasteiger partial charge in [0.15, 0.2) is 0 Å². The summed E-state index contributed by atoms with van der Waals surface area (Å²) in [4.78, 5) is 0. The van der Waals surface area contributed by atoms with E-state index in [1.54, 1.807) is 0 Å². The smallest absolute Gasteiger partial charge is 1.00 e. The summed E-state index contributed by atoms with van der Waals surface area (Å²) in [6, 6.07) is 6.35. The maximum Gasteiger partial charge on any atom is -1.00 e. The number of aryl methyl sites for hydroxylation is 2. The van der Waals surface area contributed by atoms with Crippen molar-refractivity contribution < 1.29 is 47.7 Å². The van der Waals surface area contributed by atoms with Crippen molar-refractivity contribution in [1.29, 1.82) is 0 Å². The molecule has 0 aromatic heterocycles. The van der Waals surface area contributed by atoms with E-state index in [1.807, 2.05) is 0 Å². The molecule has 1 aromatic rings. The van der Waals surface area contributed by atoms with Crippen molar-refractivity contribution >= 4 is 0 Å². The van der Waals surface area contributed by atoms with E-state index in [0.29, 0.717) is 0 Å². The average molecular weight is 375 g/mol. The van der Waals surface area contributed by atoms with Gasteiger partial charge in [0, 0.05) is 0 Å². The van der Waals surface area contributed by atoms with Gasteiger partial charge < -0.3 is 24.8 Å². The molecule has 2 rings (SSSR count). The van der Waals surface area contributed by atoms with Crippen LogP contribution in [0.25, 0.3) is 0 Å². The van der Waals surface area contributed by atoms with Crippen molar-refractivity contribution in [3.63, 3.8) is 0 Å². The Kier molecular flexibility index (Phi) is 7.98. The molecule has 0 atom stereocenters. The number of rotatable bonds is 3. The third-order valence-electron chi connectivity index (χ3n) is 4.73. The molecule has 0 spiro atoms. The van der Waals surface area contributed by atoms with Crippen LogP contribution in [0.5, 0.6) is 5.75 Å². The first-order valence-corrected chi connectivity index (χ1v) is 8.57. The number of hydrogen-bond donors (Lipinski definition) is 0. The molecule has 0 N–H and O–H groups in total. The molecule has 1 nitrogen and oxygen atoms in total. The Labute approximate surface area is 156 Å². The first-order valence-electron chi connectivity index (χ1n) is 7.15. The van der Waals surface area contributed by atoms with Crippen molar-refractivity contribution in [1.82, 2.24) is 0 Å². The molecule has 1 aliphatic rings. The van der Waals surface area contributed by atoms with Crippen molar-refractivity contribution in [2.75, 3.05) is 0 Å². The molecule has 1 aromatic carbocycles. The SMILES string of the molecule is CC1=C(C)C(C)(C)[C]([Ti+2][O]c2c(C)cccc2C)=C1C.[Cl-].[Cl-]. The number of hydrogen-bond acceptors (Lipinski definition) is 1. The van der Waals surface area contributed by atoms with E-state index in [0.717, 1.165) is 5.75 Å². The van der Waals surface area contributed by atoms with Gasteiger partial charge in [0.1, 0.15) is 0 Å². The Morgan fingerprint density at radius 1 is 0.864 bits per heavy atom. The zero-order valence-electron chi connectivity index (χ0n) is 14.4. The summed E-state index contributed by atoms with van der Waals surface area (Å²) in [5.41, 5.74) is 7.06. The van der Waals surface area contributed by atoms with Crippen molar-refractivity contribution in [3.8, 4) is 5.75 Å². The molecule has 0 saturated carbocycles. The Morgan fingerprint density at radius 3 is 1.77 bits per heavy atom. The molecule has 0 unspecified atom stereocenters. The van der Waals surface area contributed by atoms with E-state index in [1.165, 1.54) is 31.7 Å². The monoisotopic (exact) mass is 374 g/mol. The predicted octanol–water partition coefficient (Wildman–Crippen LogP) is -0.662. The molecule has 0 amide bonds. The Bertz CT molecular complexity index is 595. The third-order valence-corrected chi connectivity index (χ3v) is 7.08. The van der Waals surface area contributed by atoms with Crippen molar-refractivity contribution in [2.24, 2.45) is 5.41 Å². The van der Waals surface area contributed by atoms with Gasteiger partial charge in [-0.1, -0.05) is 0 Å². The van der Waals surface area contributed by atoms with Crippen molar-refractivity contribution in [3.05, 3.63) is 49.9 Å². The second kappa shape index (κ2) is 8.06. The average Bonchev–Trinajstić information content (AvgIpc) is 2.52. The van der Waals surface area contributed by atoms with Crippen molar-refractivity contribution in [2.45, 2.75) is 48.5 Å². The quantitative estimate of drug-likeness (QED) is 0.638. The molecule has 22 heavy (non-hydrogen) atoms. The standard InChI is InChI=1S/C10H15.C8H10O.2ClH.Ti/c1-7-6-10(4,5)9(3)8(7)2;1-6-4-3-5-7(2)8(6)9;;;/h1-5H3;3-5,9H,1-2H3;2*1H;/q;;;;+3/p-3. The third kappa shape index (κ3) is 3.82. The van der Waals surface area contributed by atoms with Crippen LogP contribution in [0.4, 0.5) is 0 Å². The second-order valence-corrected chi connectivity index (χ2v) is 7.72. The number of allylic oxidation sites excluding steroid dienone is 4. The maximum absolute atomic E-state index is 6.29. The fourth-order valence-corrected chi connectivity index (χ4v) is 4.90. The molecule has 4 heteroatoms. The fraction of sp³-hybridized carbons (Fsp3) is 0.444. The molecule has 1 aliphatic carbocycles. The number of para-hydroxylation sites is 1. The van der Waals surface area contributed by atoms with Crippen LogP contribution in [0.3, 0.4) is 0 Å². The summed E-state index contributed by atoms with van der Waals surface area (Å²) in [5, 5.41) is 0. The molecule has 0 saturated heterocycles. The summed E-state index contributed by atoms with van der Waals surface area (Å²) in [7, 11) is 0. The summed E-state index contributed by atoms with van der Waals surface area (Å²) in [6.07, 6.45) is 0. The number of benzene rings is 1. The van der Waals surface area contributed by atoms with Crippen LogP contribution < -0.4 is 28.1 Å². The predicted molar refractivity (Wildman–Crippen MR) is 81.4 cm³/mol. The van der Waals surface area contributed by atoms with Crippen LogP contribution in [0.15, 0.2) is 38.8 Å². The number of halogens is 2. The summed E-state index contributed by atoms with van der Waals surface area (Å²) >= 11 is -0.590. The first-order chi connectivity index (χ1) is 9.26. The van der Waals surface area contributed by atoms with Gasteiger partial charge in [-0.2, -0.15) is 0 Å². The molecule has 0 aliphatic heterocycles. The topological polar surface area (TPSA) is 9.23 Å². The van der Waals surface area contributed by atoms with Gasteiger partial charge in [0.2, 0.25) is 0 Å². The minimum Gasteiger partial charge on any atom is -1.00 e. The van der Waals surface area contributed by atoms with E-state index in [2.05, 4.69) is 66.7 Å². The van der Waals surface area contributed by atoms with Gasteiger partial charge in [0.25, 0.3) is 0 Å². The first kappa shape index (κ1) is 21.8. The minimum absolute atomic E-state index is 0. The molecule has 0 fully saturated rings. The van der Waals surface area contributed by atoms with Gasteiger partial charge in [-0.3, -0.25) is 0 Å². The van der Waals surface area contributed by atoms with Gasteiger partial charge in [-0.25, -0.2) is 0 Å². The molecular formula is C18H24Cl2OTi. The summed E-state index contributed by atoms with van der Waals surface area (Å²) in [6.45, 7) is 15.7. The Hall–Kier alpha value is -0.206. The molecule has 0 radical (unpaired) electrons. The van der Waals surface area contributed by atoms with Crippen LogP contribution in [0.1, 0.15) is 45.7 Å². The zero-order valence-corrected chi connectivity index (χ0v) is 17.5. The van der Waals surface area contributed by atoms with Crippen LogP contribution in [-0.4, -0.2) is 0 Å². The summed E-state index contributed by atoms with van der Waals surface area (Å²) in [5.74, 6) is 1.09. The Balaban J connectivity index is 0.00000220. The zero-order chi connectivity index (χ0) is 15.1. The fourth-order valence-electron chi connectivity index (χ4n) is 2.86. The van der Waals surface area contributed by atoms with Gasteiger partial charge in [-0.15, -0.1) is 0 Å². The van der Waals surface area contributed by atoms with E-state index in [4.69, 9.17) is 3.32 Å². The normalized spacial score (nSPS) is 16.0. The van der Waals surface area contributed by atoms with Gasteiger partial charge >= 0.3 is 132 Å². The molecule has 120 valence electrons. The van der Waals surface area contributed by atoms with Gasteiger partial charge in [-0.05, 0) is 0 Å². The van der Waals surface area contributed by atoms with Crippen LogP contribution >= 0.6 is 0 Å². The molecular weight excluding hydrogens is 351 g/mol. The molecule has 0 bridgehead atoms. The minimum atomic E-state index is -0.590. The largest absolute Gasteiger partial charge is 1.00 e. The molecule has 0 heterocycles. The van der Waals surface area contributed by atoms with E-state index in [9.17, 15) is 0 Å². The maximum atomic E-state index is 6.29. The second-order valence-electron chi connectivity index (χ2n) is 6.30. The van der Waals surface area contributed by atoms with Gasteiger partial charge in [0.05, 0.1) is 0 Å². The summed E-state index contributed by atoms with van der Waals surface area (Å²) < 4.78 is 7.83. The van der Waals surface area contributed by atoms with Crippen LogP contribution in [-0.2, 0) is 19.5 Å². The van der Waals surface area contributed by atoms with Crippen LogP contribution in [0.2, 0.25) is 0 Å². The van der Waals surface area contributed by atoms with Crippen LogP contribution in [0, 0.1) is 19.3 Å². The Morgan fingerprint density at radius 2 is 1.36 bits per heavy atom.